The van der Waals surface area contributed by atoms with Crippen LogP contribution in [0.15, 0.2) is 24.3 Å². The van der Waals surface area contributed by atoms with Crippen molar-refractivity contribution in [3.63, 3.8) is 0 Å². The van der Waals surface area contributed by atoms with Gasteiger partial charge in [-0.2, -0.15) is 0 Å². The van der Waals surface area contributed by atoms with Crippen molar-refractivity contribution >= 4 is 9.84 Å². The third kappa shape index (κ3) is 3.40. The van der Waals surface area contributed by atoms with Crippen LogP contribution in [0.25, 0.3) is 0 Å². The van der Waals surface area contributed by atoms with Gasteiger partial charge in [-0.3, -0.25) is 4.90 Å². The molecule has 1 aromatic rings. The molecule has 110 valence electrons. The third-order valence-corrected chi connectivity index (χ3v) is 6.04. The summed E-state index contributed by atoms with van der Waals surface area (Å²) in [6.07, 6.45) is 2.02. The summed E-state index contributed by atoms with van der Waals surface area (Å²) in [6.45, 7) is 3.66. The van der Waals surface area contributed by atoms with Crippen LogP contribution in [0.5, 0.6) is 0 Å². The normalized spacial score (nSPS) is 26.1. The van der Waals surface area contributed by atoms with Crippen LogP contribution in [0.2, 0.25) is 0 Å². The Labute approximate surface area is 121 Å². The van der Waals surface area contributed by atoms with Crippen molar-refractivity contribution in [3.05, 3.63) is 35.4 Å². The lowest BCUT2D eigenvalue weighted by atomic mass is 9.99. The van der Waals surface area contributed by atoms with Gasteiger partial charge in [0.25, 0.3) is 0 Å². The van der Waals surface area contributed by atoms with Crippen molar-refractivity contribution in [1.82, 2.24) is 10.2 Å². The molecule has 0 saturated carbocycles. The molecule has 20 heavy (non-hydrogen) atoms. The summed E-state index contributed by atoms with van der Waals surface area (Å²) >= 11 is 0. The number of rotatable bonds is 3. The fourth-order valence-corrected chi connectivity index (χ4v) is 4.63. The Morgan fingerprint density at radius 3 is 2.85 bits per heavy atom. The second-order valence-corrected chi connectivity index (χ2v) is 8.08. The number of sulfone groups is 1. The molecular formula is C15H22N2O2S. The van der Waals surface area contributed by atoms with E-state index in [1.54, 1.807) is 0 Å². The molecule has 5 heteroatoms. The first kappa shape index (κ1) is 14.0. The lowest BCUT2D eigenvalue weighted by Gasteiger charge is -2.31. The van der Waals surface area contributed by atoms with Gasteiger partial charge in [0.05, 0.1) is 11.5 Å². The van der Waals surface area contributed by atoms with Crippen molar-refractivity contribution in [3.8, 4) is 0 Å². The smallest absolute Gasteiger partial charge is 0.153 e. The van der Waals surface area contributed by atoms with Gasteiger partial charge in [0.2, 0.25) is 0 Å². The summed E-state index contributed by atoms with van der Waals surface area (Å²) in [7, 11) is -2.81. The van der Waals surface area contributed by atoms with Gasteiger partial charge in [-0.15, -0.1) is 0 Å². The molecule has 1 atom stereocenters. The van der Waals surface area contributed by atoms with Crippen molar-refractivity contribution in [2.24, 2.45) is 0 Å². The van der Waals surface area contributed by atoms with Crippen molar-refractivity contribution in [1.29, 1.82) is 0 Å². The Morgan fingerprint density at radius 1 is 1.25 bits per heavy atom. The topological polar surface area (TPSA) is 49.4 Å². The Morgan fingerprint density at radius 2 is 2.05 bits per heavy atom. The zero-order valence-corrected chi connectivity index (χ0v) is 12.5. The maximum absolute atomic E-state index is 11.6. The highest BCUT2D eigenvalue weighted by molar-refractivity contribution is 7.91. The summed E-state index contributed by atoms with van der Waals surface area (Å²) in [4.78, 5) is 2.44. The van der Waals surface area contributed by atoms with Gasteiger partial charge < -0.3 is 5.32 Å². The van der Waals surface area contributed by atoms with Crippen LogP contribution in [-0.2, 0) is 22.8 Å². The summed E-state index contributed by atoms with van der Waals surface area (Å²) < 4.78 is 23.2. The highest BCUT2D eigenvalue weighted by atomic mass is 32.2. The van der Waals surface area contributed by atoms with E-state index in [4.69, 9.17) is 0 Å². The molecule has 1 aromatic carbocycles. The highest BCUT2D eigenvalue weighted by Crippen LogP contribution is 2.19. The average Bonchev–Trinajstić information content (AvgIpc) is 2.44. The molecule has 2 aliphatic heterocycles. The third-order valence-electron chi connectivity index (χ3n) is 4.30. The van der Waals surface area contributed by atoms with Gasteiger partial charge in [0.1, 0.15) is 0 Å². The first-order valence-corrected chi connectivity index (χ1v) is 9.17. The minimum Gasteiger partial charge on any atom is -0.312 e. The minimum atomic E-state index is -2.81. The molecule has 1 N–H and O–H groups in total. The molecule has 0 radical (unpaired) electrons. The molecule has 2 aliphatic rings. The van der Waals surface area contributed by atoms with E-state index < -0.39 is 9.84 Å². The van der Waals surface area contributed by atoms with E-state index in [0.717, 1.165) is 32.5 Å². The summed E-state index contributed by atoms with van der Waals surface area (Å²) in [5, 5.41) is 3.33. The number of fused-ring (bicyclic) bond motifs is 1. The number of nitrogens with one attached hydrogen (secondary N) is 1. The molecule has 0 bridgehead atoms. The van der Waals surface area contributed by atoms with E-state index >= 15 is 0 Å². The van der Waals surface area contributed by atoms with E-state index in [2.05, 4.69) is 34.5 Å². The minimum absolute atomic E-state index is 0.130. The molecule has 4 nitrogen and oxygen atoms in total. The van der Waals surface area contributed by atoms with Crippen LogP contribution in [0.1, 0.15) is 17.5 Å². The average molecular weight is 294 g/mol. The zero-order valence-electron chi connectivity index (χ0n) is 11.7. The van der Waals surface area contributed by atoms with Crippen LogP contribution in [0.3, 0.4) is 0 Å². The van der Waals surface area contributed by atoms with E-state index in [9.17, 15) is 8.42 Å². The maximum atomic E-state index is 11.6. The fraction of sp³-hybridized carbons (Fsp3) is 0.600. The second kappa shape index (κ2) is 5.84. The zero-order chi connectivity index (χ0) is 14.0. The SMILES string of the molecule is O=S1(=O)CCNC(CCN2CCc3ccccc3C2)C1. The van der Waals surface area contributed by atoms with E-state index in [1.165, 1.54) is 11.1 Å². The Balaban J connectivity index is 1.53. The van der Waals surface area contributed by atoms with Gasteiger partial charge in [0, 0.05) is 32.2 Å². The summed E-state index contributed by atoms with van der Waals surface area (Å²) in [5.74, 6) is 0.595. The Bertz CT molecular complexity index is 571. The lowest BCUT2D eigenvalue weighted by molar-refractivity contribution is 0.240. The van der Waals surface area contributed by atoms with Crippen molar-refractivity contribution < 1.29 is 8.42 Å². The number of nitrogens with zero attached hydrogens (tertiary/aromatic N) is 1. The molecule has 3 rings (SSSR count). The van der Waals surface area contributed by atoms with Crippen LogP contribution >= 0.6 is 0 Å². The predicted molar refractivity (Wildman–Crippen MR) is 80.5 cm³/mol. The quantitative estimate of drug-likeness (QED) is 0.897. The fourth-order valence-electron chi connectivity index (χ4n) is 3.14. The monoisotopic (exact) mass is 294 g/mol. The number of benzene rings is 1. The van der Waals surface area contributed by atoms with E-state index in [-0.39, 0.29) is 6.04 Å². The molecular weight excluding hydrogens is 272 g/mol. The van der Waals surface area contributed by atoms with E-state index in [1.807, 2.05) is 0 Å². The van der Waals surface area contributed by atoms with E-state index in [0.29, 0.717) is 18.1 Å². The van der Waals surface area contributed by atoms with Crippen LogP contribution < -0.4 is 5.32 Å². The molecule has 0 spiro atoms. The summed E-state index contributed by atoms with van der Waals surface area (Å²) in [6, 6.07) is 8.74. The van der Waals surface area contributed by atoms with Gasteiger partial charge in [-0.25, -0.2) is 8.42 Å². The molecule has 0 aliphatic carbocycles. The summed E-state index contributed by atoms with van der Waals surface area (Å²) in [5.41, 5.74) is 2.88. The van der Waals surface area contributed by atoms with Gasteiger partial charge in [-0.05, 0) is 24.0 Å². The van der Waals surface area contributed by atoms with Crippen LogP contribution in [-0.4, -0.2) is 50.5 Å². The standard InChI is InChI=1S/C15H22N2O2S/c18-20(19)10-7-16-15(12-20)6-9-17-8-5-13-3-1-2-4-14(13)11-17/h1-4,15-16H,5-12H2. The van der Waals surface area contributed by atoms with Crippen molar-refractivity contribution in [2.45, 2.75) is 25.4 Å². The highest BCUT2D eigenvalue weighted by Gasteiger charge is 2.25. The van der Waals surface area contributed by atoms with Crippen molar-refractivity contribution in [2.75, 3.05) is 31.1 Å². The van der Waals surface area contributed by atoms with Crippen LogP contribution in [0.4, 0.5) is 0 Å². The first-order valence-electron chi connectivity index (χ1n) is 7.35. The number of hydrogen-bond acceptors (Lipinski definition) is 4. The van der Waals surface area contributed by atoms with Crippen LogP contribution in [0, 0.1) is 0 Å². The van der Waals surface area contributed by atoms with Gasteiger partial charge in [0.15, 0.2) is 9.84 Å². The molecule has 1 fully saturated rings. The largest absolute Gasteiger partial charge is 0.312 e. The maximum Gasteiger partial charge on any atom is 0.153 e. The Kier molecular flexibility index (Phi) is 4.10. The molecule has 0 aromatic heterocycles. The number of hydrogen-bond donors (Lipinski definition) is 1. The second-order valence-electron chi connectivity index (χ2n) is 5.85. The molecule has 0 amide bonds. The Hall–Kier alpha value is -0.910. The molecule has 2 heterocycles. The molecule has 1 saturated heterocycles. The predicted octanol–water partition coefficient (Wildman–Crippen LogP) is 0.821. The lowest BCUT2D eigenvalue weighted by Crippen LogP contribution is -2.46. The van der Waals surface area contributed by atoms with Gasteiger partial charge >= 0.3 is 0 Å². The molecule has 1 unspecified atom stereocenters. The van der Waals surface area contributed by atoms with Gasteiger partial charge in [-0.1, -0.05) is 24.3 Å². The first-order chi connectivity index (χ1) is 9.62.